The fourth-order valence-corrected chi connectivity index (χ4v) is 6.60. The highest BCUT2D eigenvalue weighted by molar-refractivity contribution is 8.01. The average molecular weight is 421 g/mol. The average Bonchev–Trinajstić information content (AvgIpc) is 3.15. The third-order valence-corrected chi connectivity index (χ3v) is 7.53. The number of hydrogen-bond acceptors (Lipinski definition) is 6. The maximum Gasteiger partial charge on any atom is 0.233 e. The lowest BCUT2D eigenvalue weighted by Gasteiger charge is -2.39. The molecule has 1 saturated heterocycles. The zero-order chi connectivity index (χ0) is 19.9. The van der Waals surface area contributed by atoms with Gasteiger partial charge in [-0.3, -0.25) is 4.79 Å². The van der Waals surface area contributed by atoms with Gasteiger partial charge in [0.1, 0.15) is 5.82 Å². The minimum Gasteiger partial charge on any atom is -0.338 e. The van der Waals surface area contributed by atoms with Crippen LogP contribution in [-0.4, -0.2) is 39.3 Å². The van der Waals surface area contributed by atoms with E-state index in [4.69, 9.17) is 0 Å². The smallest absolute Gasteiger partial charge is 0.233 e. The number of rotatable bonds is 5. The number of likely N-dealkylation sites (tertiary alicyclic amines) is 1. The van der Waals surface area contributed by atoms with Crippen molar-refractivity contribution < 1.29 is 9.18 Å². The maximum absolute atomic E-state index is 13.7. The third kappa shape index (κ3) is 4.17. The zero-order valence-corrected chi connectivity index (χ0v) is 18.0. The number of para-hydroxylation sites is 1. The summed E-state index contributed by atoms with van der Waals surface area (Å²) in [5, 5.41) is 11.6. The molecule has 1 N–H and O–H groups in total. The molecule has 2 aromatic rings. The van der Waals surface area contributed by atoms with Crippen LogP contribution in [0.15, 0.2) is 28.6 Å². The number of amides is 1. The van der Waals surface area contributed by atoms with Gasteiger partial charge < -0.3 is 10.2 Å². The van der Waals surface area contributed by atoms with E-state index in [0.717, 1.165) is 19.4 Å². The quantitative estimate of drug-likeness (QED) is 0.694. The van der Waals surface area contributed by atoms with Crippen LogP contribution in [0.1, 0.15) is 40.0 Å². The Kier molecular flexibility index (Phi) is 5.12. The lowest BCUT2D eigenvalue weighted by Crippen LogP contribution is -2.38. The van der Waals surface area contributed by atoms with Crippen molar-refractivity contribution >= 4 is 39.8 Å². The Morgan fingerprint density at radius 3 is 2.89 bits per heavy atom. The number of hydrogen-bond donors (Lipinski definition) is 1. The van der Waals surface area contributed by atoms with Crippen LogP contribution in [0.4, 0.5) is 15.2 Å². The molecule has 150 valence electrons. The summed E-state index contributed by atoms with van der Waals surface area (Å²) in [6.45, 7) is 7.79. The van der Waals surface area contributed by atoms with Crippen LogP contribution in [0.2, 0.25) is 0 Å². The molecule has 1 aliphatic heterocycles. The highest BCUT2D eigenvalue weighted by Gasteiger charge is 2.50. The Bertz CT molecular complexity index is 887. The van der Waals surface area contributed by atoms with E-state index >= 15 is 0 Å². The Hall–Kier alpha value is -1.67. The molecule has 28 heavy (non-hydrogen) atoms. The Balaban J connectivity index is 1.35. The number of fused-ring (bicyclic) bond motifs is 2. The van der Waals surface area contributed by atoms with E-state index < -0.39 is 0 Å². The number of anilines is 2. The first-order valence-electron chi connectivity index (χ1n) is 9.50. The normalized spacial score (nSPS) is 25.7. The molecule has 4 rings (SSSR count). The molecule has 1 amide bonds. The van der Waals surface area contributed by atoms with E-state index in [-0.39, 0.29) is 17.1 Å². The van der Waals surface area contributed by atoms with Gasteiger partial charge in [0.15, 0.2) is 4.34 Å². The van der Waals surface area contributed by atoms with Crippen LogP contribution >= 0.6 is 23.1 Å². The molecule has 2 atom stereocenters. The fourth-order valence-electron chi connectivity index (χ4n) is 4.95. The summed E-state index contributed by atoms with van der Waals surface area (Å²) < 4.78 is 14.4. The van der Waals surface area contributed by atoms with Gasteiger partial charge in [-0.1, -0.05) is 56.0 Å². The molecular weight excluding hydrogens is 395 g/mol. The predicted octanol–water partition coefficient (Wildman–Crippen LogP) is 4.94. The first kappa shape index (κ1) is 19.6. The molecule has 1 aromatic carbocycles. The van der Waals surface area contributed by atoms with Gasteiger partial charge in [-0.15, -0.1) is 10.2 Å². The van der Waals surface area contributed by atoms with Crippen LogP contribution in [0.25, 0.3) is 0 Å². The molecule has 1 saturated carbocycles. The number of nitrogens with one attached hydrogen (secondary N) is 1. The maximum atomic E-state index is 13.7. The summed E-state index contributed by atoms with van der Waals surface area (Å²) in [4.78, 5) is 14.9. The van der Waals surface area contributed by atoms with Crippen LogP contribution in [0.3, 0.4) is 0 Å². The summed E-state index contributed by atoms with van der Waals surface area (Å²) >= 11 is 2.74. The summed E-state index contributed by atoms with van der Waals surface area (Å²) in [5.41, 5.74) is 0.907. The highest BCUT2D eigenvalue weighted by atomic mass is 32.2. The summed E-state index contributed by atoms with van der Waals surface area (Å²) in [6, 6.07) is 6.80. The Morgan fingerprint density at radius 1 is 1.32 bits per heavy atom. The van der Waals surface area contributed by atoms with Crippen LogP contribution in [0.5, 0.6) is 0 Å². The molecule has 1 aliphatic carbocycles. The van der Waals surface area contributed by atoms with Crippen LogP contribution < -0.4 is 5.32 Å². The van der Waals surface area contributed by atoms with Gasteiger partial charge in [0, 0.05) is 12.6 Å². The second-order valence-corrected chi connectivity index (χ2v) is 11.2. The third-order valence-electron chi connectivity index (χ3n) is 5.58. The molecule has 8 heteroatoms. The van der Waals surface area contributed by atoms with Crippen molar-refractivity contribution in [2.75, 3.05) is 17.6 Å². The van der Waals surface area contributed by atoms with E-state index in [1.54, 1.807) is 18.2 Å². The lowest BCUT2D eigenvalue weighted by atomic mass is 9.65. The number of nitrogens with zero attached hydrogens (tertiary/aromatic N) is 3. The topological polar surface area (TPSA) is 58.1 Å². The first-order chi connectivity index (χ1) is 13.2. The van der Waals surface area contributed by atoms with Gasteiger partial charge in [0.25, 0.3) is 0 Å². The van der Waals surface area contributed by atoms with E-state index in [1.165, 1.54) is 35.6 Å². The first-order valence-corrected chi connectivity index (χ1v) is 11.3. The molecule has 1 aromatic heterocycles. The molecule has 5 nitrogen and oxygen atoms in total. The molecule has 2 fully saturated rings. The Labute approximate surface area is 173 Å². The molecule has 2 bridgehead atoms. The van der Waals surface area contributed by atoms with Crippen molar-refractivity contribution in [3.63, 3.8) is 0 Å². The minimum absolute atomic E-state index is 0.176. The second kappa shape index (κ2) is 7.30. The molecule has 2 unspecified atom stereocenters. The summed E-state index contributed by atoms with van der Waals surface area (Å²) in [6.07, 6.45) is 3.37. The number of carbonyl (C=O) groups excluding carboxylic acids is 1. The van der Waals surface area contributed by atoms with Crippen LogP contribution in [-0.2, 0) is 4.79 Å². The lowest BCUT2D eigenvalue weighted by molar-refractivity contribution is -0.129. The zero-order valence-electron chi connectivity index (χ0n) is 16.4. The van der Waals surface area contributed by atoms with E-state index in [9.17, 15) is 9.18 Å². The largest absolute Gasteiger partial charge is 0.338 e. The number of benzene rings is 1. The standard InChI is InChI=1S/C20H25FN4OS2/c1-19(2)8-13-9-20(3,11-19)12-25(13)16(26)10-27-18-24-23-17(28-18)22-15-7-5-4-6-14(15)21/h4-7,13H,8-12H2,1-3H3,(H,22,23). The van der Waals surface area contributed by atoms with Gasteiger partial charge in [0.2, 0.25) is 11.0 Å². The minimum atomic E-state index is -0.335. The second-order valence-electron chi connectivity index (χ2n) is 9.00. The SMILES string of the molecule is CC1(C)CC2CC(C)(CN2C(=O)CSc2nnc(Nc3ccccc3F)s2)C1. The summed E-state index contributed by atoms with van der Waals surface area (Å²) in [7, 11) is 0. The highest BCUT2D eigenvalue weighted by Crippen LogP contribution is 2.52. The molecule has 2 aliphatic rings. The predicted molar refractivity (Wildman–Crippen MR) is 112 cm³/mol. The molecular formula is C20H25FN4OS2. The van der Waals surface area contributed by atoms with Crippen molar-refractivity contribution in [3.8, 4) is 0 Å². The van der Waals surface area contributed by atoms with Crippen molar-refractivity contribution in [1.29, 1.82) is 0 Å². The van der Waals surface area contributed by atoms with Crippen molar-refractivity contribution in [1.82, 2.24) is 15.1 Å². The molecule has 2 heterocycles. The van der Waals surface area contributed by atoms with Crippen molar-refractivity contribution in [2.24, 2.45) is 10.8 Å². The van der Waals surface area contributed by atoms with Crippen LogP contribution in [0, 0.1) is 16.6 Å². The van der Waals surface area contributed by atoms with Gasteiger partial charge in [-0.05, 0) is 42.2 Å². The number of thioether (sulfide) groups is 1. The number of halogens is 1. The fraction of sp³-hybridized carbons (Fsp3) is 0.550. The van der Waals surface area contributed by atoms with E-state index in [1.807, 2.05) is 0 Å². The number of carbonyl (C=O) groups is 1. The monoisotopic (exact) mass is 420 g/mol. The number of aromatic nitrogens is 2. The molecule has 0 radical (unpaired) electrons. The van der Waals surface area contributed by atoms with E-state index in [0.29, 0.717) is 32.4 Å². The molecule has 0 spiro atoms. The summed E-state index contributed by atoms with van der Waals surface area (Å²) in [5.74, 6) is 0.204. The van der Waals surface area contributed by atoms with Gasteiger partial charge >= 0.3 is 0 Å². The van der Waals surface area contributed by atoms with Gasteiger partial charge in [0.05, 0.1) is 11.4 Å². The van der Waals surface area contributed by atoms with Crippen molar-refractivity contribution in [2.45, 2.75) is 50.4 Å². The van der Waals surface area contributed by atoms with Gasteiger partial charge in [-0.2, -0.15) is 0 Å². The van der Waals surface area contributed by atoms with Gasteiger partial charge in [-0.25, -0.2) is 4.39 Å². The van der Waals surface area contributed by atoms with Crippen molar-refractivity contribution in [3.05, 3.63) is 30.1 Å². The van der Waals surface area contributed by atoms with E-state index in [2.05, 4.69) is 41.2 Å². The Morgan fingerprint density at radius 2 is 2.11 bits per heavy atom.